The van der Waals surface area contributed by atoms with Crippen LogP contribution in [0.15, 0.2) is 12.4 Å². The summed E-state index contributed by atoms with van der Waals surface area (Å²) in [4.78, 5) is 4.35. The van der Waals surface area contributed by atoms with Gasteiger partial charge in [-0.15, -0.1) is 0 Å². The van der Waals surface area contributed by atoms with E-state index in [1.54, 1.807) is 0 Å². The Morgan fingerprint density at radius 3 is 3.13 bits per heavy atom. The monoisotopic (exact) mass is 207 g/mol. The van der Waals surface area contributed by atoms with Crippen LogP contribution in [0, 0.1) is 5.92 Å². The van der Waals surface area contributed by atoms with Crippen LogP contribution >= 0.6 is 0 Å². The molecule has 4 nitrogen and oxygen atoms in total. The topological polar surface area (TPSA) is 39.1 Å². The molecular formula is C11H17N3O. The van der Waals surface area contributed by atoms with Gasteiger partial charge in [0.25, 0.3) is 0 Å². The Labute approximate surface area is 89.6 Å². The molecule has 1 atom stereocenters. The summed E-state index contributed by atoms with van der Waals surface area (Å²) >= 11 is 0. The first-order valence-electron chi connectivity index (χ1n) is 5.78. The van der Waals surface area contributed by atoms with Gasteiger partial charge in [-0.1, -0.05) is 0 Å². The van der Waals surface area contributed by atoms with Crippen LogP contribution in [0.4, 0.5) is 5.95 Å². The predicted molar refractivity (Wildman–Crippen MR) is 57.9 cm³/mol. The van der Waals surface area contributed by atoms with E-state index in [-0.39, 0.29) is 0 Å². The van der Waals surface area contributed by atoms with E-state index in [4.69, 9.17) is 4.74 Å². The molecule has 2 aliphatic rings. The molecule has 1 saturated carbocycles. The highest BCUT2D eigenvalue weighted by Gasteiger charge is 2.25. The van der Waals surface area contributed by atoms with Gasteiger partial charge in [-0.05, 0) is 19.3 Å². The van der Waals surface area contributed by atoms with Crippen molar-refractivity contribution in [2.24, 2.45) is 5.92 Å². The molecule has 1 aliphatic heterocycles. The van der Waals surface area contributed by atoms with Crippen molar-refractivity contribution in [3.05, 3.63) is 12.4 Å². The second kappa shape index (κ2) is 3.85. The molecule has 1 saturated heterocycles. The summed E-state index contributed by atoms with van der Waals surface area (Å²) in [6.45, 7) is 2.81. The zero-order chi connectivity index (χ0) is 10.1. The van der Waals surface area contributed by atoms with Crippen molar-refractivity contribution in [1.29, 1.82) is 0 Å². The normalized spacial score (nSPS) is 25.7. The van der Waals surface area contributed by atoms with Gasteiger partial charge in [0, 0.05) is 37.5 Å². The van der Waals surface area contributed by atoms with Gasteiger partial charge in [0.15, 0.2) is 0 Å². The number of imidazole rings is 1. The molecule has 82 valence electrons. The van der Waals surface area contributed by atoms with Crippen molar-refractivity contribution in [1.82, 2.24) is 9.55 Å². The minimum absolute atomic E-state index is 0.661. The Morgan fingerprint density at radius 2 is 2.40 bits per heavy atom. The minimum Gasteiger partial charge on any atom is -0.381 e. The fourth-order valence-electron chi connectivity index (χ4n) is 2.08. The van der Waals surface area contributed by atoms with E-state index in [2.05, 4.69) is 21.1 Å². The Bertz CT molecular complexity index is 326. The van der Waals surface area contributed by atoms with Crippen LogP contribution in [-0.2, 0) is 4.74 Å². The van der Waals surface area contributed by atoms with Crippen molar-refractivity contribution in [2.45, 2.75) is 25.3 Å². The van der Waals surface area contributed by atoms with Crippen LogP contribution in [-0.4, -0.2) is 29.3 Å². The van der Waals surface area contributed by atoms with Gasteiger partial charge in [0.1, 0.15) is 0 Å². The number of nitrogens with zero attached hydrogens (tertiary/aromatic N) is 2. The Kier molecular flexibility index (Phi) is 2.37. The van der Waals surface area contributed by atoms with Gasteiger partial charge in [0.05, 0.1) is 6.61 Å². The molecule has 0 aromatic carbocycles. The van der Waals surface area contributed by atoms with Crippen LogP contribution in [0.2, 0.25) is 0 Å². The summed E-state index contributed by atoms with van der Waals surface area (Å²) < 4.78 is 7.61. The Morgan fingerprint density at radius 1 is 1.47 bits per heavy atom. The maximum absolute atomic E-state index is 5.35. The second-order valence-corrected chi connectivity index (χ2v) is 4.50. The van der Waals surface area contributed by atoms with Crippen LogP contribution < -0.4 is 5.32 Å². The molecule has 1 aliphatic carbocycles. The smallest absolute Gasteiger partial charge is 0.203 e. The number of nitrogens with one attached hydrogen (secondary N) is 1. The first kappa shape index (κ1) is 9.21. The zero-order valence-electron chi connectivity index (χ0n) is 8.85. The zero-order valence-corrected chi connectivity index (χ0v) is 8.85. The Hall–Kier alpha value is -1.03. The summed E-state index contributed by atoms with van der Waals surface area (Å²) in [5.41, 5.74) is 0. The molecule has 0 spiro atoms. The first-order valence-corrected chi connectivity index (χ1v) is 5.78. The highest BCUT2D eigenvalue weighted by molar-refractivity contribution is 5.27. The molecule has 1 N–H and O–H groups in total. The van der Waals surface area contributed by atoms with Crippen molar-refractivity contribution in [2.75, 3.05) is 25.1 Å². The third-order valence-corrected chi connectivity index (χ3v) is 3.18. The van der Waals surface area contributed by atoms with E-state index in [0.717, 1.165) is 25.7 Å². The molecule has 0 amide bonds. The van der Waals surface area contributed by atoms with Crippen molar-refractivity contribution in [3.8, 4) is 0 Å². The van der Waals surface area contributed by atoms with Crippen molar-refractivity contribution >= 4 is 5.95 Å². The SMILES string of the molecule is c1cn(C2CC2)c(NCC2CCOC2)n1. The lowest BCUT2D eigenvalue weighted by Crippen LogP contribution is -2.16. The average molecular weight is 207 g/mol. The molecule has 0 bridgehead atoms. The number of anilines is 1. The summed E-state index contributed by atoms with van der Waals surface area (Å²) in [5.74, 6) is 1.69. The van der Waals surface area contributed by atoms with Crippen LogP contribution in [0.3, 0.4) is 0 Å². The van der Waals surface area contributed by atoms with Gasteiger partial charge in [-0.2, -0.15) is 0 Å². The third kappa shape index (κ3) is 2.00. The lowest BCUT2D eigenvalue weighted by atomic mass is 10.1. The largest absolute Gasteiger partial charge is 0.381 e. The summed E-state index contributed by atoms with van der Waals surface area (Å²) in [6.07, 6.45) is 7.74. The van der Waals surface area contributed by atoms with Crippen LogP contribution in [0.25, 0.3) is 0 Å². The number of ether oxygens (including phenoxy) is 1. The van der Waals surface area contributed by atoms with E-state index >= 15 is 0 Å². The van der Waals surface area contributed by atoms with Crippen molar-refractivity contribution in [3.63, 3.8) is 0 Å². The van der Waals surface area contributed by atoms with Gasteiger partial charge in [0.2, 0.25) is 5.95 Å². The van der Waals surface area contributed by atoms with Gasteiger partial charge in [-0.25, -0.2) is 4.98 Å². The molecular weight excluding hydrogens is 190 g/mol. The molecule has 2 heterocycles. The fraction of sp³-hybridized carbons (Fsp3) is 0.727. The van der Waals surface area contributed by atoms with Crippen LogP contribution in [0.1, 0.15) is 25.3 Å². The van der Waals surface area contributed by atoms with Gasteiger partial charge >= 0.3 is 0 Å². The Balaban J connectivity index is 1.58. The van der Waals surface area contributed by atoms with E-state index < -0.39 is 0 Å². The van der Waals surface area contributed by atoms with E-state index in [9.17, 15) is 0 Å². The quantitative estimate of drug-likeness (QED) is 0.816. The molecule has 1 unspecified atom stereocenters. The van der Waals surface area contributed by atoms with Gasteiger partial charge < -0.3 is 14.6 Å². The highest BCUT2D eigenvalue weighted by atomic mass is 16.5. The highest BCUT2D eigenvalue weighted by Crippen LogP contribution is 2.36. The number of aromatic nitrogens is 2. The molecule has 1 aromatic heterocycles. The van der Waals surface area contributed by atoms with E-state index in [1.807, 2.05) is 6.20 Å². The first-order chi connectivity index (χ1) is 7.43. The molecule has 15 heavy (non-hydrogen) atoms. The lowest BCUT2D eigenvalue weighted by molar-refractivity contribution is 0.187. The number of rotatable bonds is 4. The molecule has 0 radical (unpaired) electrons. The molecule has 1 aromatic rings. The summed E-state index contributed by atoms with van der Waals surface area (Å²) in [7, 11) is 0. The summed E-state index contributed by atoms with van der Waals surface area (Å²) in [5, 5.41) is 3.43. The second-order valence-electron chi connectivity index (χ2n) is 4.50. The lowest BCUT2D eigenvalue weighted by Gasteiger charge is -2.11. The van der Waals surface area contributed by atoms with E-state index in [1.165, 1.54) is 19.3 Å². The number of hydrogen-bond acceptors (Lipinski definition) is 3. The third-order valence-electron chi connectivity index (χ3n) is 3.18. The summed E-state index contributed by atoms with van der Waals surface area (Å²) in [6, 6.07) is 0.704. The van der Waals surface area contributed by atoms with Crippen molar-refractivity contribution < 1.29 is 4.74 Å². The molecule has 4 heteroatoms. The minimum atomic E-state index is 0.661. The molecule has 3 rings (SSSR count). The predicted octanol–water partition coefficient (Wildman–Crippen LogP) is 1.67. The van der Waals surface area contributed by atoms with Crippen LogP contribution in [0.5, 0.6) is 0 Å². The fourth-order valence-corrected chi connectivity index (χ4v) is 2.08. The number of hydrogen-bond donors (Lipinski definition) is 1. The maximum atomic E-state index is 5.35. The average Bonchev–Trinajstić information content (AvgIpc) is 2.81. The van der Waals surface area contributed by atoms with E-state index in [0.29, 0.717) is 12.0 Å². The standard InChI is InChI=1S/C11H17N3O/c1-2-10(1)14-5-4-12-11(14)13-7-9-3-6-15-8-9/h4-5,9-10H,1-3,6-8H2,(H,12,13). The van der Waals surface area contributed by atoms with Gasteiger partial charge in [-0.3, -0.25) is 0 Å². The maximum Gasteiger partial charge on any atom is 0.203 e. The molecule has 2 fully saturated rings.